The molecule has 2 aromatic heterocycles. The highest BCUT2D eigenvalue weighted by molar-refractivity contribution is 5.82. The van der Waals surface area contributed by atoms with Gasteiger partial charge in [-0.2, -0.15) is 0 Å². The summed E-state index contributed by atoms with van der Waals surface area (Å²) in [5.41, 5.74) is 1.42. The van der Waals surface area contributed by atoms with E-state index >= 15 is 0 Å². The van der Waals surface area contributed by atoms with Crippen molar-refractivity contribution < 1.29 is 14.2 Å². The number of nitrogens with zero attached hydrogens (tertiary/aromatic N) is 4. The van der Waals surface area contributed by atoms with E-state index in [1.54, 1.807) is 12.7 Å². The van der Waals surface area contributed by atoms with E-state index in [4.69, 9.17) is 20.6 Å². The summed E-state index contributed by atoms with van der Waals surface area (Å²) >= 11 is 0. The molecule has 8 nitrogen and oxygen atoms in total. The van der Waals surface area contributed by atoms with Gasteiger partial charge in [-0.3, -0.25) is 4.57 Å². The Labute approximate surface area is 157 Å². The van der Waals surface area contributed by atoms with Crippen molar-refractivity contribution in [2.45, 2.75) is 75.9 Å². The molecule has 0 radical (unpaired) electrons. The second kappa shape index (κ2) is 6.16. The summed E-state index contributed by atoms with van der Waals surface area (Å²) in [6.45, 7) is 3.77. The lowest BCUT2D eigenvalue weighted by Gasteiger charge is -2.23. The van der Waals surface area contributed by atoms with E-state index in [1.165, 1.54) is 12.8 Å². The van der Waals surface area contributed by atoms with Gasteiger partial charge in [0.1, 0.15) is 24.6 Å². The maximum absolute atomic E-state index is 6.08. The number of rotatable bonds is 3. The number of imidazole rings is 1. The molecule has 4 heterocycles. The van der Waals surface area contributed by atoms with Gasteiger partial charge in [-0.25, -0.2) is 15.0 Å². The van der Waals surface area contributed by atoms with E-state index < -0.39 is 18.1 Å². The molecule has 1 N–H and O–H groups in total. The Morgan fingerprint density at radius 3 is 2.74 bits per heavy atom. The molecule has 1 saturated carbocycles. The first-order valence-corrected chi connectivity index (χ1v) is 9.47. The summed E-state index contributed by atoms with van der Waals surface area (Å²) in [5, 5.41) is 3.51. The van der Waals surface area contributed by atoms with Crippen LogP contribution < -0.4 is 5.32 Å². The Morgan fingerprint density at radius 1 is 1.19 bits per heavy atom. The molecular weight excluding hydrogens is 346 g/mol. The molecule has 4 atom stereocenters. The molecule has 5 rings (SSSR count). The van der Waals surface area contributed by atoms with Crippen LogP contribution in [0.1, 0.15) is 45.8 Å². The molecule has 3 aliphatic rings. The highest BCUT2D eigenvalue weighted by Gasteiger charge is 2.55. The lowest BCUT2D eigenvalue weighted by Crippen LogP contribution is -2.28. The van der Waals surface area contributed by atoms with Crippen LogP contribution in [0.2, 0.25) is 0 Å². The third-order valence-electron chi connectivity index (χ3n) is 5.52. The standard InChI is InChI=1S/C19H23N5O3/c1-4-12-14-15(27-19(2,3)26-14)18(25-12)24-10-22-13-16(20-9-21-17(13)24)23-11-7-5-6-8-11/h1,9-12,14-15,18H,5-8H2,2-3H3,(H,20,21,23). The molecule has 27 heavy (non-hydrogen) atoms. The van der Waals surface area contributed by atoms with Crippen molar-refractivity contribution in [2.24, 2.45) is 0 Å². The van der Waals surface area contributed by atoms with E-state index in [-0.39, 0.29) is 12.2 Å². The molecule has 0 bridgehead atoms. The monoisotopic (exact) mass is 369 g/mol. The zero-order chi connectivity index (χ0) is 18.6. The van der Waals surface area contributed by atoms with Crippen molar-refractivity contribution in [1.29, 1.82) is 0 Å². The van der Waals surface area contributed by atoms with Gasteiger partial charge in [0.25, 0.3) is 0 Å². The Bertz CT molecular complexity index is 898. The van der Waals surface area contributed by atoms with Crippen molar-refractivity contribution in [3.63, 3.8) is 0 Å². The summed E-state index contributed by atoms with van der Waals surface area (Å²) in [6.07, 6.45) is 12.2. The molecule has 142 valence electrons. The number of fused-ring (bicyclic) bond motifs is 2. The zero-order valence-corrected chi connectivity index (χ0v) is 15.5. The number of nitrogens with one attached hydrogen (secondary N) is 1. The summed E-state index contributed by atoms with van der Waals surface area (Å²) in [7, 11) is 0. The maximum Gasteiger partial charge on any atom is 0.167 e. The van der Waals surface area contributed by atoms with Gasteiger partial charge in [0.05, 0.1) is 6.33 Å². The summed E-state index contributed by atoms with van der Waals surface area (Å²) in [5.74, 6) is 2.73. The van der Waals surface area contributed by atoms with Crippen molar-refractivity contribution >= 4 is 17.0 Å². The molecule has 3 fully saturated rings. The normalized spacial score (nSPS) is 32.6. The van der Waals surface area contributed by atoms with Gasteiger partial charge in [0, 0.05) is 6.04 Å². The molecule has 8 heteroatoms. The first-order chi connectivity index (χ1) is 13.1. The van der Waals surface area contributed by atoms with Gasteiger partial charge < -0.3 is 19.5 Å². The van der Waals surface area contributed by atoms with Crippen LogP contribution in [0.4, 0.5) is 5.82 Å². The van der Waals surface area contributed by atoms with Crippen LogP contribution in [0.3, 0.4) is 0 Å². The van der Waals surface area contributed by atoms with Crippen molar-refractivity contribution in [3.8, 4) is 12.3 Å². The Kier molecular flexibility index (Phi) is 3.86. The molecular formula is C19H23N5O3. The number of hydrogen-bond acceptors (Lipinski definition) is 7. The zero-order valence-electron chi connectivity index (χ0n) is 15.5. The van der Waals surface area contributed by atoms with Gasteiger partial charge in [-0.15, -0.1) is 6.42 Å². The van der Waals surface area contributed by atoms with Gasteiger partial charge in [-0.05, 0) is 26.7 Å². The van der Waals surface area contributed by atoms with Crippen molar-refractivity contribution in [3.05, 3.63) is 12.7 Å². The first-order valence-electron chi connectivity index (χ1n) is 9.47. The fourth-order valence-electron chi connectivity index (χ4n) is 4.34. The lowest BCUT2D eigenvalue weighted by molar-refractivity contribution is -0.190. The quantitative estimate of drug-likeness (QED) is 0.831. The fourth-order valence-corrected chi connectivity index (χ4v) is 4.34. The van der Waals surface area contributed by atoms with Gasteiger partial charge in [-0.1, -0.05) is 18.8 Å². The van der Waals surface area contributed by atoms with E-state index in [0.29, 0.717) is 11.7 Å². The molecule has 2 saturated heterocycles. The summed E-state index contributed by atoms with van der Waals surface area (Å²) in [6, 6.07) is 0.443. The predicted octanol–water partition coefficient (Wildman–Crippen LogP) is 2.23. The van der Waals surface area contributed by atoms with E-state index in [9.17, 15) is 0 Å². The first kappa shape index (κ1) is 16.9. The minimum absolute atomic E-state index is 0.314. The molecule has 2 aromatic rings. The third kappa shape index (κ3) is 2.78. The maximum atomic E-state index is 6.08. The third-order valence-corrected chi connectivity index (χ3v) is 5.52. The highest BCUT2D eigenvalue weighted by Crippen LogP contribution is 2.43. The summed E-state index contributed by atoms with van der Waals surface area (Å²) < 4.78 is 20.0. The van der Waals surface area contributed by atoms with Crippen molar-refractivity contribution in [2.75, 3.05) is 5.32 Å². The molecule has 0 aromatic carbocycles. The average Bonchev–Trinajstić information content (AvgIpc) is 3.38. The fraction of sp³-hybridized carbons (Fsp3) is 0.632. The highest BCUT2D eigenvalue weighted by atomic mass is 16.8. The number of hydrogen-bond donors (Lipinski definition) is 1. The minimum atomic E-state index is -0.701. The van der Waals surface area contributed by atoms with E-state index in [2.05, 4.69) is 26.2 Å². The van der Waals surface area contributed by atoms with Crippen LogP contribution in [-0.4, -0.2) is 49.7 Å². The molecule has 0 spiro atoms. The van der Waals surface area contributed by atoms with Gasteiger partial charge in [0.2, 0.25) is 0 Å². The number of ether oxygens (including phenoxy) is 3. The second-order valence-corrected chi connectivity index (χ2v) is 7.85. The lowest BCUT2D eigenvalue weighted by atomic mass is 10.1. The summed E-state index contributed by atoms with van der Waals surface area (Å²) in [4.78, 5) is 13.4. The van der Waals surface area contributed by atoms with Gasteiger partial charge >= 0.3 is 0 Å². The molecule has 4 unspecified atom stereocenters. The van der Waals surface area contributed by atoms with Crippen LogP contribution in [-0.2, 0) is 14.2 Å². The smallest absolute Gasteiger partial charge is 0.167 e. The van der Waals surface area contributed by atoms with Crippen LogP contribution in [0.15, 0.2) is 12.7 Å². The largest absolute Gasteiger partial charge is 0.365 e. The SMILES string of the molecule is C#CC1OC(n2cnc3c(NC4CCCC4)ncnc32)C2OC(C)(C)OC12. The second-order valence-electron chi connectivity index (χ2n) is 7.85. The Morgan fingerprint density at radius 2 is 1.96 bits per heavy atom. The number of aromatic nitrogens is 4. The topological polar surface area (TPSA) is 83.3 Å². The molecule has 2 aliphatic heterocycles. The van der Waals surface area contributed by atoms with Crippen LogP contribution >= 0.6 is 0 Å². The van der Waals surface area contributed by atoms with Crippen molar-refractivity contribution in [1.82, 2.24) is 19.5 Å². The van der Waals surface area contributed by atoms with Crippen LogP contribution in [0.5, 0.6) is 0 Å². The van der Waals surface area contributed by atoms with E-state index in [1.807, 2.05) is 18.4 Å². The number of terminal acetylenes is 1. The van der Waals surface area contributed by atoms with Gasteiger partial charge in [0.15, 0.2) is 29.0 Å². The van der Waals surface area contributed by atoms with Crippen LogP contribution in [0.25, 0.3) is 11.2 Å². The molecule has 1 aliphatic carbocycles. The van der Waals surface area contributed by atoms with E-state index in [0.717, 1.165) is 24.2 Å². The van der Waals surface area contributed by atoms with Crippen LogP contribution in [0, 0.1) is 12.3 Å². The Balaban J connectivity index is 1.49. The number of anilines is 1. The predicted molar refractivity (Wildman–Crippen MR) is 97.8 cm³/mol. The Hall–Kier alpha value is -2.21. The average molecular weight is 369 g/mol. The molecule has 0 amide bonds. The minimum Gasteiger partial charge on any atom is -0.365 e.